The molecule has 1 heterocycles. The number of nitrogens with zero attached hydrogens (tertiary/aromatic N) is 2. The summed E-state index contributed by atoms with van der Waals surface area (Å²) in [6.07, 6.45) is 2.66. The summed E-state index contributed by atoms with van der Waals surface area (Å²) < 4.78 is 1.65. The number of aryl methyl sites for hydroxylation is 2. The van der Waals surface area contributed by atoms with E-state index in [0.29, 0.717) is 12.8 Å². The second-order valence-corrected chi connectivity index (χ2v) is 5.63. The summed E-state index contributed by atoms with van der Waals surface area (Å²) in [5.41, 5.74) is 6.68. The molecule has 0 aliphatic carbocycles. The van der Waals surface area contributed by atoms with E-state index in [0.717, 1.165) is 27.2 Å². The first kappa shape index (κ1) is 14.6. The summed E-state index contributed by atoms with van der Waals surface area (Å²) in [7, 11) is 0. The first-order chi connectivity index (χ1) is 10.6. The Balaban J connectivity index is 1.64. The topological polar surface area (TPSA) is 46.9 Å². The van der Waals surface area contributed by atoms with Crippen molar-refractivity contribution >= 4 is 28.5 Å². The second kappa shape index (κ2) is 6.20. The molecule has 3 rings (SSSR count). The van der Waals surface area contributed by atoms with Crippen LogP contribution in [0.2, 0.25) is 5.02 Å². The number of fused-ring (bicyclic) bond motifs is 1. The molecule has 112 valence electrons. The van der Waals surface area contributed by atoms with Crippen LogP contribution in [0.4, 0.5) is 0 Å². The second-order valence-electron chi connectivity index (χ2n) is 5.22. The van der Waals surface area contributed by atoms with Crippen molar-refractivity contribution in [3.8, 4) is 0 Å². The fourth-order valence-corrected chi connectivity index (χ4v) is 2.49. The van der Waals surface area contributed by atoms with E-state index in [2.05, 4.69) is 10.4 Å². The summed E-state index contributed by atoms with van der Waals surface area (Å²) in [4.78, 5) is 16.3. The zero-order valence-corrected chi connectivity index (χ0v) is 13.0. The van der Waals surface area contributed by atoms with E-state index in [1.807, 2.05) is 49.4 Å². The molecule has 1 amide bonds. The van der Waals surface area contributed by atoms with Crippen molar-refractivity contribution in [2.24, 2.45) is 0 Å². The predicted molar refractivity (Wildman–Crippen MR) is 88.6 cm³/mol. The minimum absolute atomic E-state index is 0.0557. The molecular weight excluding hydrogens is 298 g/mol. The average molecular weight is 314 g/mol. The third-order valence-electron chi connectivity index (χ3n) is 3.58. The van der Waals surface area contributed by atoms with Gasteiger partial charge < -0.3 is 0 Å². The van der Waals surface area contributed by atoms with E-state index in [1.54, 1.807) is 11.0 Å². The Labute approximate surface area is 133 Å². The molecule has 1 N–H and O–H groups in total. The van der Waals surface area contributed by atoms with Gasteiger partial charge in [0.05, 0.1) is 11.0 Å². The molecule has 0 atom stereocenters. The Morgan fingerprint density at radius 3 is 2.91 bits per heavy atom. The minimum Gasteiger partial charge on any atom is -0.273 e. The first-order valence-corrected chi connectivity index (χ1v) is 7.48. The van der Waals surface area contributed by atoms with Gasteiger partial charge in [0.1, 0.15) is 6.33 Å². The summed E-state index contributed by atoms with van der Waals surface area (Å²) in [5, 5.41) is 0.735. The first-order valence-electron chi connectivity index (χ1n) is 7.10. The van der Waals surface area contributed by atoms with Crippen LogP contribution in [0.1, 0.15) is 17.5 Å². The lowest BCUT2D eigenvalue weighted by atomic mass is 10.1. The van der Waals surface area contributed by atoms with Crippen molar-refractivity contribution < 1.29 is 4.79 Å². The highest BCUT2D eigenvalue weighted by atomic mass is 35.5. The molecule has 0 bridgehead atoms. The number of carbonyl (C=O) groups is 1. The zero-order valence-electron chi connectivity index (χ0n) is 12.2. The molecular formula is C17H16ClN3O. The van der Waals surface area contributed by atoms with Crippen molar-refractivity contribution in [3.05, 3.63) is 64.9 Å². The quantitative estimate of drug-likeness (QED) is 0.798. The molecule has 0 spiro atoms. The van der Waals surface area contributed by atoms with Crippen LogP contribution in [0.25, 0.3) is 11.0 Å². The van der Waals surface area contributed by atoms with E-state index in [9.17, 15) is 4.79 Å². The molecule has 22 heavy (non-hydrogen) atoms. The monoisotopic (exact) mass is 313 g/mol. The summed E-state index contributed by atoms with van der Waals surface area (Å²) in [6.45, 7) is 1.96. The van der Waals surface area contributed by atoms with E-state index in [-0.39, 0.29) is 5.91 Å². The van der Waals surface area contributed by atoms with Gasteiger partial charge in [-0.25, -0.2) is 9.66 Å². The van der Waals surface area contributed by atoms with Crippen LogP contribution >= 0.6 is 11.6 Å². The lowest BCUT2D eigenvalue weighted by molar-refractivity contribution is -0.117. The number of hydrogen-bond acceptors (Lipinski definition) is 2. The van der Waals surface area contributed by atoms with Gasteiger partial charge in [0.25, 0.3) is 0 Å². The van der Waals surface area contributed by atoms with E-state index >= 15 is 0 Å². The number of halogens is 1. The minimum atomic E-state index is -0.0557. The van der Waals surface area contributed by atoms with Crippen molar-refractivity contribution in [1.82, 2.24) is 9.66 Å². The maximum Gasteiger partial charge on any atom is 0.239 e. The number of hydrogen-bond donors (Lipinski definition) is 1. The maximum atomic E-state index is 12.1. The molecule has 2 aromatic carbocycles. The van der Waals surface area contributed by atoms with Crippen LogP contribution in [0.3, 0.4) is 0 Å². The van der Waals surface area contributed by atoms with Gasteiger partial charge in [-0.05, 0) is 42.7 Å². The number of aromatic nitrogens is 2. The Bertz CT molecular complexity index is 826. The predicted octanol–water partition coefficient (Wildman–Crippen LogP) is 3.70. The fraction of sp³-hybridized carbons (Fsp3) is 0.176. The molecule has 0 aliphatic rings. The normalized spacial score (nSPS) is 10.8. The van der Waals surface area contributed by atoms with Gasteiger partial charge in [0, 0.05) is 11.4 Å². The van der Waals surface area contributed by atoms with Gasteiger partial charge in [-0.2, -0.15) is 0 Å². The highest BCUT2D eigenvalue weighted by molar-refractivity contribution is 6.31. The molecule has 0 fully saturated rings. The highest BCUT2D eigenvalue weighted by Gasteiger charge is 2.07. The summed E-state index contributed by atoms with van der Waals surface area (Å²) in [5.74, 6) is -0.0557. The third-order valence-corrected chi connectivity index (χ3v) is 3.98. The lowest BCUT2D eigenvalue weighted by Crippen LogP contribution is -2.22. The van der Waals surface area contributed by atoms with Crippen molar-refractivity contribution in [2.45, 2.75) is 19.8 Å². The fourth-order valence-electron chi connectivity index (χ4n) is 2.29. The molecule has 5 heteroatoms. The Morgan fingerprint density at radius 2 is 2.09 bits per heavy atom. The molecule has 3 aromatic rings. The van der Waals surface area contributed by atoms with Crippen molar-refractivity contribution in [1.29, 1.82) is 0 Å². The summed E-state index contributed by atoms with van der Waals surface area (Å²) >= 11 is 6.10. The molecule has 1 aromatic heterocycles. The SMILES string of the molecule is Cc1ccc(CCC(=O)Nn2cnc3ccccc32)cc1Cl. The van der Waals surface area contributed by atoms with Gasteiger partial charge >= 0.3 is 0 Å². The Kier molecular flexibility index (Phi) is 4.11. The number of amides is 1. The van der Waals surface area contributed by atoms with E-state index < -0.39 is 0 Å². The smallest absolute Gasteiger partial charge is 0.239 e. The van der Waals surface area contributed by atoms with Crippen LogP contribution in [0.15, 0.2) is 48.8 Å². The average Bonchev–Trinajstić information content (AvgIpc) is 2.92. The van der Waals surface area contributed by atoms with Gasteiger partial charge in [-0.15, -0.1) is 0 Å². The zero-order chi connectivity index (χ0) is 15.5. The lowest BCUT2D eigenvalue weighted by Gasteiger charge is -2.07. The highest BCUT2D eigenvalue weighted by Crippen LogP contribution is 2.17. The van der Waals surface area contributed by atoms with Gasteiger partial charge in [0.2, 0.25) is 5.91 Å². The molecule has 0 radical (unpaired) electrons. The van der Waals surface area contributed by atoms with Crippen molar-refractivity contribution in [2.75, 3.05) is 5.43 Å². The number of carbonyl (C=O) groups excluding carboxylic acids is 1. The summed E-state index contributed by atoms with van der Waals surface area (Å²) in [6, 6.07) is 13.6. The number of benzene rings is 2. The van der Waals surface area contributed by atoms with Gasteiger partial charge in [0.15, 0.2) is 0 Å². The molecule has 0 unspecified atom stereocenters. The Morgan fingerprint density at radius 1 is 1.27 bits per heavy atom. The molecule has 0 aliphatic heterocycles. The van der Waals surface area contributed by atoms with Crippen LogP contribution < -0.4 is 5.43 Å². The molecule has 4 nitrogen and oxygen atoms in total. The number of nitrogens with one attached hydrogen (secondary N) is 1. The standard InChI is InChI=1S/C17H16ClN3O/c1-12-6-7-13(10-14(12)18)8-9-17(22)20-21-11-19-15-4-2-3-5-16(15)21/h2-7,10-11H,8-9H2,1H3,(H,20,22). The van der Waals surface area contributed by atoms with Crippen molar-refractivity contribution in [3.63, 3.8) is 0 Å². The van der Waals surface area contributed by atoms with Crippen LogP contribution in [0, 0.1) is 6.92 Å². The Hall–Kier alpha value is -2.33. The number of para-hydroxylation sites is 2. The maximum absolute atomic E-state index is 12.1. The third kappa shape index (κ3) is 3.12. The van der Waals surface area contributed by atoms with Gasteiger partial charge in [-0.3, -0.25) is 10.2 Å². The molecule has 0 saturated carbocycles. The molecule has 0 saturated heterocycles. The van der Waals surface area contributed by atoms with E-state index in [4.69, 9.17) is 11.6 Å². The largest absolute Gasteiger partial charge is 0.273 e. The van der Waals surface area contributed by atoms with Crippen LogP contribution in [-0.2, 0) is 11.2 Å². The number of rotatable bonds is 4. The van der Waals surface area contributed by atoms with Gasteiger partial charge in [-0.1, -0.05) is 35.9 Å². The van der Waals surface area contributed by atoms with Crippen LogP contribution in [-0.4, -0.2) is 15.6 Å². The number of imidazole rings is 1. The van der Waals surface area contributed by atoms with Crippen LogP contribution in [0.5, 0.6) is 0 Å². The van der Waals surface area contributed by atoms with E-state index in [1.165, 1.54) is 0 Å².